The summed E-state index contributed by atoms with van der Waals surface area (Å²) >= 11 is 34.7. The van der Waals surface area contributed by atoms with E-state index in [0.717, 1.165) is 6.42 Å². The minimum Gasteiger partial charge on any atom is -1.00 e. The quantitative estimate of drug-likeness (QED) is 0.0826. The SMILES string of the molecule is ClC(Cl)(Cl)c1c[c-]ccc1.ClC(Cl)(Cl)c1c[c-]ccc1.[C-]1=CC=CC1.[CH2]=[Zr+2].[Cl-].[Cl-].c1ccc2c(c1)[cH-]c1c3ccccc3c3ccccc3c21. The molecule has 0 heterocycles. The fourth-order valence-electron chi connectivity index (χ4n) is 5.09. The first-order chi connectivity index (χ1) is 23.1. The Morgan fingerprint density at radius 1 is 0.580 bits per heavy atom. The van der Waals surface area contributed by atoms with Crippen LogP contribution in [0.15, 0.2) is 146 Å². The Hall–Kier alpha value is -1.74. The first kappa shape index (κ1) is 44.4. The second kappa shape index (κ2) is 21.7. The zero-order valence-corrected chi connectivity index (χ0v) is 34.8. The molecule has 9 heteroatoms. The fourth-order valence-corrected chi connectivity index (χ4v) is 5.80. The fraction of sp³-hybridized carbons (Fsp3) is 0.0732. The summed E-state index contributed by atoms with van der Waals surface area (Å²) < 4.78 is 0.697. The molecule has 7 aromatic carbocycles. The molecule has 0 fully saturated rings. The number of hydrogen-bond acceptors (Lipinski definition) is 0. The normalized spacial score (nSPS) is 11.4. The van der Waals surface area contributed by atoms with E-state index in [4.69, 9.17) is 69.6 Å². The van der Waals surface area contributed by atoms with Crippen LogP contribution in [-0.4, -0.2) is 4.21 Å². The van der Waals surface area contributed by atoms with E-state index in [1.807, 2.05) is 12.2 Å². The molecular formula is C41H28Cl8Zr-4. The van der Waals surface area contributed by atoms with Gasteiger partial charge in [-0.05, 0) is 10.8 Å². The Kier molecular flexibility index (Phi) is 19.3. The predicted molar refractivity (Wildman–Crippen MR) is 210 cm³/mol. The van der Waals surface area contributed by atoms with Crippen molar-refractivity contribution in [3.63, 3.8) is 0 Å². The molecule has 8 rings (SSSR count). The monoisotopic (exact) mass is 890 g/mol. The van der Waals surface area contributed by atoms with Gasteiger partial charge in [0.15, 0.2) is 7.59 Å². The van der Waals surface area contributed by atoms with Gasteiger partial charge in [0.05, 0.1) is 0 Å². The number of halogens is 8. The van der Waals surface area contributed by atoms with Crippen molar-refractivity contribution in [2.75, 3.05) is 0 Å². The summed E-state index contributed by atoms with van der Waals surface area (Å²) in [7, 11) is 0. The summed E-state index contributed by atoms with van der Waals surface area (Å²) in [5.41, 5.74) is 1.28. The van der Waals surface area contributed by atoms with Gasteiger partial charge in [-0.2, -0.15) is 66.7 Å². The molecule has 0 aliphatic heterocycles. The molecule has 0 saturated carbocycles. The summed E-state index contributed by atoms with van der Waals surface area (Å²) in [4.78, 5) is 0. The number of alkyl halides is 6. The number of benzene rings is 6. The molecule has 0 unspecified atom stereocenters. The van der Waals surface area contributed by atoms with Crippen LogP contribution >= 0.6 is 69.6 Å². The van der Waals surface area contributed by atoms with E-state index in [1.54, 1.807) is 48.5 Å². The van der Waals surface area contributed by atoms with E-state index in [1.165, 1.54) is 67.3 Å². The molecule has 0 amide bonds. The van der Waals surface area contributed by atoms with Crippen molar-refractivity contribution in [2.45, 2.75) is 14.0 Å². The maximum Gasteiger partial charge on any atom is -0.0255 e. The van der Waals surface area contributed by atoms with E-state index in [2.05, 4.69) is 107 Å². The third-order valence-electron chi connectivity index (χ3n) is 7.16. The van der Waals surface area contributed by atoms with Crippen molar-refractivity contribution in [3.05, 3.63) is 175 Å². The molecule has 0 aromatic heterocycles. The second-order valence-corrected chi connectivity index (χ2v) is 14.8. The molecule has 0 spiro atoms. The first-order valence-corrected chi connectivity index (χ1v) is 18.7. The van der Waals surface area contributed by atoms with E-state index in [0.29, 0.717) is 11.1 Å². The maximum atomic E-state index is 5.57. The van der Waals surface area contributed by atoms with Crippen molar-refractivity contribution < 1.29 is 49.0 Å². The van der Waals surface area contributed by atoms with Gasteiger partial charge in [0.25, 0.3) is 0 Å². The minimum atomic E-state index is -1.32. The summed E-state index contributed by atoms with van der Waals surface area (Å²) in [6.45, 7) is 0. The summed E-state index contributed by atoms with van der Waals surface area (Å²) in [6, 6.07) is 48.0. The average Bonchev–Trinajstić information content (AvgIpc) is 3.83. The third kappa shape index (κ3) is 12.2. The molecule has 256 valence electrons. The van der Waals surface area contributed by atoms with Gasteiger partial charge in [0, 0.05) is 0 Å². The van der Waals surface area contributed by atoms with Gasteiger partial charge in [-0.25, -0.2) is 12.2 Å². The zero-order chi connectivity index (χ0) is 34.6. The molecule has 0 bridgehead atoms. The van der Waals surface area contributed by atoms with Gasteiger partial charge in [-0.15, -0.1) is 51.2 Å². The number of allylic oxidation sites excluding steroid dienone is 4. The molecule has 0 saturated heterocycles. The van der Waals surface area contributed by atoms with Gasteiger partial charge < -0.3 is 24.8 Å². The molecule has 0 nitrogen and oxygen atoms in total. The van der Waals surface area contributed by atoms with Crippen LogP contribution in [0.25, 0.3) is 43.1 Å². The van der Waals surface area contributed by atoms with Gasteiger partial charge in [0.2, 0.25) is 0 Å². The number of rotatable bonds is 0. The van der Waals surface area contributed by atoms with Crippen molar-refractivity contribution in [1.82, 2.24) is 0 Å². The van der Waals surface area contributed by atoms with Crippen molar-refractivity contribution in [2.24, 2.45) is 0 Å². The van der Waals surface area contributed by atoms with E-state index >= 15 is 0 Å². The Labute approximate surface area is 351 Å². The van der Waals surface area contributed by atoms with Crippen LogP contribution in [0.3, 0.4) is 0 Å². The zero-order valence-electron chi connectivity index (χ0n) is 26.3. The van der Waals surface area contributed by atoms with Crippen LogP contribution in [0.5, 0.6) is 0 Å². The summed E-state index contributed by atoms with van der Waals surface area (Å²) in [5, 5.41) is 10.8. The van der Waals surface area contributed by atoms with Crippen molar-refractivity contribution in [3.8, 4) is 0 Å². The van der Waals surface area contributed by atoms with Gasteiger partial charge in [-0.1, -0.05) is 147 Å². The van der Waals surface area contributed by atoms with Crippen LogP contribution in [0.2, 0.25) is 0 Å². The summed E-state index contributed by atoms with van der Waals surface area (Å²) in [5.74, 6) is 0. The van der Waals surface area contributed by atoms with Crippen LogP contribution in [0.4, 0.5) is 0 Å². The van der Waals surface area contributed by atoms with Crippen LogP contribution in [0, 0.1) is 18.2 Å². The van der Waals surface area contributed by atoms with Crippen LogP contribution in [0.1, 0.15) is 17.5 Å². The van der Waals surface area contributed by atoms with E-state index in [9.17, 15) is 0 Å². The molecule has 1 aliphatic rings. The average molecular weight is 896 g/mol. The molecule has 0 radical (unpaired) electrons. The van der Waals surface area contributed by atoms with Crippen molar-refractivity contribution >= 4 is 117 Å². The standard InChI is InChI=1S/C21H13.2C7H4Cl3.C5H5.CH2.2ClH.Zr/c1-2-8-15-14(7-1)13-20-18-11-4-3-9-16(18)17-10-5-6-12-19(17)21(15)20;2*8-7(9,10)6-4-2-1-3-5-6;1-2-4-5-3-1;;;;/h1-13H;2*1-2,4-5H;1-3H,4H2;1H2;2*1H;/q4*-1;;;;+2/p-2. The van der Waals surface area contributed by atoms with Gasteiger partial charge >= 0.3 is 28.4 Å². The Morgan fingerprint density at radius 2 is 1.04 bits per heavy atom. The van der Waals surface area contributed by atoms with Crippen LogP contribution < -0.4 is 24.8 Å². The Balaban J connectivity index is 0.000000254. The maximum absolute atomic E-state index is 5.57. The third-order valence-corrected chi connectivity index (χ3v) is 8.47. The molecular weight excluding hydrogens is 867 g/mol. The van der Waals surface area contributed by atoms with Gasteiger partial charge in [0.1, 0.15) is 0 Å². The smallest absolute Gasteiger partial charge is 0.0255 e. The summed E-state index contributed by atoms with van der Waals surface area (Å²) in [6.07, 6.45) is 10.0. The van der Waals surface area contributed by atoms with E-state index < -0.39 is 7.59 Å². The van der Waals surface area contributed by atoms with E-state index in [-0.39, 0.29) is 24.8 Å². The second-order valence-electron chi connectivity index (χ2n) is 10.2. The predicted octanol–water partition coefficient (Wildman–Crippen LogP) is 7.92. The van der Waals surface area contributed by atoms with Crippen molar-refractivity contribution in [1.29, 1.82) is 0 Å². The number of hydrogen-bond donors (Lipinski definition) is 0. The molecule has 0 N–H and O–H groups in total. The molecule has 50 heavy (non-hydrogen) atoms. The first-order valence-electron chi connectivity index (χ1n) is 14.7. The molecule has 7 aromatic rings. The topological polar surface area (TPSA) is 0 Å². The van der Waals surface area contributed by atoms with Crippen LogP contribution in [-0.2, 0) is 31.8 Å². The number of fused-ring (bicyclic) bond motifs is 8. The molecule has 1 aliphatic carbocycles. The largest absolute Gasteiger partial charge is 1.00 e. The Morgan fingerprint density at radius 3 is 1.44 bits per heavy atom. The minimum absolute atomic E-state index is 0. The molecule has 0 atom stereocenters. The van der Waals surface area contributed by atoms with Gasteiger partial charge in [-0.3, -0.25) is 6.08 Å². The Bertz CT molecular complexity index is 2050.